The van der Waals surface area contributed by atoms with Gasteiger partial charge in [0.15, 0.2) is 12.4 Å². The molecule has 0 radical (unpaired) electrons. The van der Waals surface area contributed by atoms with E-state index in [9.17, 15) is 26.4 Å². The SMILES string of the molecule is Cc1c(C(=O)NC2(C)CCS(=O)(=O)CC2)nc2ccc(Oc3ncc(Cl)cc3OCC(F)(F)F)cn12. The van der Waals surface area contributed by atoms with E-state index < -0.39 is 34.1 Å². The number of fused-ring (bicyclic) bond motifs is 1. The Labute approximate surface area is 209 Å². The van der Waals surface area contributed by atoms with Crippen LogP contribution in [0.4, 0.5) is 13.2 Å². The monoisotopic (exact) mass is 546 g/mol. The van der Waals surface area contributed by atoms with Crippen LogP contribution in [-0.4, -0.2) is 58.5 Å². The number of amides is 1. The summed E-state index contributed by atoms with van der Waals surface area (Å²) in [5, 5.41) is 2.97. The number of sulfone groups is 1. The van der Waals surface area contributed by atoms with Gasteiger partial charge in [0.25, 0.3) is 11.8 Å². The fraction of sp³-hybridized carbons (Fsp3) is 0.409. The molecule has 36 heavy (non-hydrogen) atoms. The number of imidazole rings is 1. The molecule has 1 N–H and O–H groups in total. The number of nitrogens with zero attached hydrogens (tertiary/aromatic N) is 3. The van der Waals surface area contributed by atoms with Crippen molar-refractivity contribution in [1.82, 2.24) is 19.7 Å². The minimum atomic E-state index is -4.56. The lowest BCUT2D eigenvalue weighted by Crippen LogP contribution is -2.51. The van der Waals surface area contributed by atoms with E-state index in [4.69, 9.17) is 21.1 Å². The molecule has 1 fully saturated rings. The van der Waals surface area contributed by atoms with E-state index in [0.29, 0.717) is 24.2 Å². The van der Waals surface area contributed by atoms with Crippen molar-refractivity contribution < 1.29 is 35.9 Å². The fourth-order valence-corrected chi connectivity index (χ4v) is 5.60. The number of rotatable bonds is 6. The van der Waals surface area contributed by atoms with Gasteiger partial charge in [-0.1, -0.05) is 11.6 Å². The van der Waals surface area contributed by atoms with Crippen molar-refractivity contribution in [3.8, 4) is 17.4 Å². The summed E-state index contributed by atoms with van der Waals surface area (Å²) in [5.74, 6) is -0.748. The summed E-state index contributed by atoms with van der Waals surface area (Å²) in [6, 6.07) is 4.25. The number of carbonyl (C=O) groups excluding carboxylic acids is 1. The molecule has 0 spiro atoms. The van der Waals surface area contributed by atoms with Gasteiger partial charge in [0.1, 0.15) is 26.9 Å². The van der Waals surface area contributed by atoms with Crippen LogP contribution in [0.1, 0.15) is 35.9 Å². The molecule has 14 heteroatoms. The van der Waals surface area contributed by atoms with E-state index in [-0.39, 0.29) is 39.6 Å². The molecule has 0 aromatic carbocycles. The first-order valence-electron chi connectivity index (χ1n) is 10.8. The van der Waals surface area contributed by atoms with E-state index in [1.54, 1.807) is 24.3 Å². The standard InChI is InChI=1S/C22H22ClF3N4O5S/c1-13-18(19(31)29-21(2)5-7-36(32,33)8-6-21)28-17-4-3-15(11-30(13)17)35-20-16(9-14(23)10-27-20)34-12-22(24,25)26/h3-4,9-11H,5-8,12H2,1-2H3,(H,29,31). The van der Waals surface area contributed by atoms with Crippen LogP contribution in [0.15, 0.2) is 30.6 Å². The van der Waals surface area contributed by atoms with Crippen LogP contribution in [0, 0.1) is 6.92 Å². The van der Waals surface area contributed by atoms with Gasteiger partial charge in [-0.2, -0.15) is 13.2 Å². The lowest BCUT2D eigenvalue weighted by Gasteiger charge is -2.34. The van der Waals surface area contributed by atoms with E-state index in [0.717, 1.165) is 6.07 Å². The number of nitrogens with one attached hydrogen (secondary N) is 1. The van der Waals surface area contributed by atoms with Gasteiger partial charge in [-0.3, -0.25) is 9.20 Å². The Morgan fingerprint density at radius 3 is 2.64 bits per heavy atom. The first-order chi connectivity index (χ1) is 16.7. The number of hydrogen-bond acceptors (Lipinski definition) is 7. The van der Waals surface area contributed by atoms with Gasteiger partial charge in [-0.05, 0) is 38.8 Å². The molecule has 0 aliphatic carbocycles. The Kier molecular flexibility index (Phi) is 6.82. The Balaban J connectivity index is 1.55. The van der Waals surface area contributed by atoms with Crippen LogP contribution in [0.2, 0.25) is 5.02 Å². The van der Waals surface area contributed by atoms with Crippen molar-refractivity contribution in [3.63, 3.8) is 0 Å². The minimum absolute atomic E-state index is 0.00202. The zero-order chi connectivity index (χ0) is 26.3. The summed E-state index contributed by atoms with van der Waals surface area (Å²) in [7, 11) is -3.09. The molecule has 194 valence electrons. The summed E-state index contributed by atoms with van der Waals surface area (Å²) < 4.78 is 73.3. The molecule has 0 saturated carbocycles. The summed E-state index contributed by atoms with van der Waals surface area (Å²) >= 11 is 5.84. The normalized spacial score (nSPS) is 17.1. The Hall–Kier alpha value is -3.06. The zero-order valence-electron chi connectivity index (χ0n) is 19.2. The Bertz CT molecular complexity index is 1410. The molecule has 0 atom stereocenters. The molecular weight excluding hydrogens is 525 g/mol. The molecule has 3 aromatic rings. The first-order valence-corrected chi connectivity index (χ1v) is 13.0. The maximum absolute atomic E-state index is 13.0. The average Bonchev–Trinajstić information content (AvgIpc) is 3.12. The largest absolute Gasteiger partial charge is 0.478 e. The second kappa shape index (κ2) is 9.43. The molecule has 1 aliphatic heterocycles. The molecule has 0 bridgehead atoms. The van der Waals surface area contributed by atoms with E-state index in [1.165, 1.54) is 18.5 Å². The van der Waals surface area contributed by atoms with Crippen LogP contribution >= 0.6 is 11.6 Å². The molecule has 3 aromatic heterocycles. The van der Waals surface area contributed by atoms with Crippen molar-refractivity contribution in [2.45, 2.75) is 38.4 Å². The van der Waals surface area contributed by atoms with Crippen molar-refractivity contribution in [2.24, 2.45) is 0 Å². The highest BCUT2D eigenvalue weighted by atomic mass is 35.5. The molecule has 9 nitrogen and oxygen atoms in total. The second-order valence-electron chi connectivity index (χ2n) is 8.77. The van der Waals surface area contributed by atoms with Crippen molar-refractivity contribution in [3.05, 3.63) is 47.0 Å². The lowest BCUT2D eigenvalue weighted by molar-refractivity contribution is -0.153. The number of aromatic nitrogens is 3. The second-order valence-corrected chi connectivity index (χ2v) is 11.5. The quantitative estimate of drug-likeness (QED) is 0.495. The zero-order valence-corrected chi connectivity index (χ0v) is 20.8. The van der Waals surface area contributed by atoms with Crippen LogP contribution in [0.3, 0.4) is 0 Å². The van der Waals surface area contributed by atoms with Gasteiger partial charge in [-0.15, -0.1) is 0 Å². The molecule has 4 rings (SSSR count). The number of halogens is 4. The fourth-order valence-electron chi connectivity index (χ4n) is 3.72. The Morgan fingerprint density at radius 2 is 1.97 bits per heavy atom. The maximum Gasteiger partial charge on any atom is 0.422 e. The summed E-state index contributed by atoms with van der Waals surface area (Å²) in [5.41, 5.74) is 0.392. The van der Waals surface area contributed by atoms with Gasteiger partial charge >= 0.3 is 6.18 Å². The molecule has 4 heterocycles. The highest BCUT2D eigenvalue weighted by Gasteiger charge is 2.35. The number of aryl methyl sites for hydroxylation is 1. The first kappa shape index (κ1) is 26.0. The van der Waals surface area contributed by atoms with Crippen molar-refractivity contribution in [2.75, 3.05) is 18.1 Å². The molecule has 1 aliphatic rings. The van der Waals surface area contributed by atoms with Gasteiger partial charge in [0.05, 0.1) is 28.4 Å². The molecule has 1 amide bonds. The lowest BCUT2D eigenvalue weighted by atomic mass is 9.94. The number of pyridine rings is 2. The summed E-state index contributed by atoms with van der Waals surface area (Å²) in [4.78, 5) is 21.3. The minimum Gasteiger partial charge on any atom is -0.478 e. The van der Waals surface area contributed by atoms with Gasteiger partial charge in [-0.25, -0.2) is 18.4 Å². The van der Waals surface area contributed by atoms with Crippen LogP contribution in [0.5, 0.6) is 17.4 Å². The van der Waals surface area contributed by atoms with Crippen molar-refractivity contribution in [1.29, 1.82) is 0 Å². The van der Waals surface area contributed by atoms with Gasteiger partial charge in [0.2, 0.25) is 0 Å². The predicted molar refractivity (Wildman–Crippen MR) is 125 cm³/mol. The third-order valence-electron chi connectivity index (χ3n) is 5.78. The number of ether oxygens (including phenoxy) is 2. The Morgan fingerprint density at radius 1 is 1.28 bits per heavy atom. The third-order valence-corrected chi connectivity index (χ3v) is 7.64. The van der Waals surface area contributed by atoms with Gasteiger partial charge in [0, 0.05) is 17.8 Å². The van der Waals surface area contributed by atoms with Crippen molar-refractivity contribution >= 4 is 33.0 Å². The van der Waals surface area contributed by atoms with Crippen LogP contribution < -0.4 is 14.8 Å². The van der Waals surface area contributed by atoms with E-state index >= 15 is 0 Å². The number of hydrogen-bond donors (Lipinski definition) is 1. The summed E-state index contributed by atoms with van der Waals surface area (Å²) in [6.45, 7) is 1.92. The van der Waals surface area contributed by atoms with Gasteiger partial charge < -0.3 is 14.8 Å². The summed E-state index contributed by atoms with van der Waals surface area (Å²) in [6.07, 6.45) is -1.24. The molecular formula is C22H22ClF3N4O5S. The molecule has 1 saturated heterocycles. The smallest absolute Gasteiger partial charge is 0.422 e. The number of carbonyl (C=O) groups is 1. The average molecular weight is 547 g/mol. The van der Waals surface area contributed by atoms with Crippen LogP contribution in [0.25, 0.3) is 5.65 Å². The third kappa shape index (κ3) is 6.01. The number of alkyl halides is 3. The van der Waals surface area contributed by atoms with E-state index in [2.05, 4.69) is 15.3 Å². The van der Waals surface area contributed by atoms with E-state index in [1.807, 2.05) is 0 Å². The maximum atomic E-state index is 13.0. The topological polar surface area (TPSA) is 112 Å². The highest BCUT2D eigenvalue weighted by Crippen LogP contribution is 2.33. The van der Waals surface area contributed by atoms with Crippen LogP contribution in [-0.2, 0) is 9.84 Å². The predicted octanol–water partition coefficient (Wildman–Crippen LogP) is 4.12. The highest BCUT2D eigenvalue weighted by molar-refractivity contribution is 7.91. The molecule has 0 unspecified atom stereocenters.